The minimum atomic E-state index is -0.410. The van der Waals surface area contributed by atoms with E-state index in [0.29, 0.717) is 5.69 Å². The molecule has 1 aromatic carbocycles. The van der Waals surface area contributed by atoms with Gasteiger partial charge in [0.05, 0.1) is 23.1 Å². The number of hydrogen-bond acceptors (Lipinski definition) is 5. The largest absolute Gasteiger partial charge is 0.491 e. The normalized spacial score (nSPS) is 10.7. The van der Waals surface area contributed by atoms with Crippen molar-refractivity contribution in [2.45, 2.75) is 26.9 Å². The Hall–Kier alpha value is -1.88. The van der Waals surface area contributed by atoms with Gasteiger partial charge >= 0.3 is 5.97 Å². The predicted octanol–water partition coefficient (Wildman–Crippen LogP) is 3.69. The van der Waals surface area contributed by atoms with Gasteiger partial charge in [0.15, 0.2) is 5.69 Å². The van der Waals surface area contributed by atoms with Crippen molar-refractivity contribution in [2.24, 2.45) is 0 Å². The molecule has 2 aromatic rings. The molecule has 0 spiro atoms. The summed E-state index contributed by atoms with van der Waals surface area (Å²) < 4.78 is 10.4. The van der Waals surface area contributed by atoms with Crippen LogP contribution in [0.15, 0.2) is 24.3 Å². The Balaban J connectivity index is 2.34. The highest BCUT2D eigenvalue weighted by molar-refractivity contribution is 7.15. The molecule has 106 valence electrons. The molecule has 1 heterocycles. The molecule has 0 fully saturated rings. The van der Waals surface area contributed by atoms with E-state index >= 15 is 0 Å². The van der Waals surface area contributed by atoms with Crippen LogP contribution in [0.5, 0.6) is 5.75 Å². The third-order valence-electron chi connectivity index (χ3n) is 2.60. The Labute approximate surface area is 122 Å². The van der Waals surface area contributed by atoms with Crippen LogP contribution < -0.4 is 4.74 Å². The number of thiazole rings is 1. The van der Waals surface area contributed by atoms with Gasteiger partial charge in [-0.2, -0.15) is 0 Å². The predicted molar refractivity (Wildman–Crippen MR) is 79.4 cm³/mol. The van der Waals surface area contributed by atoms with Crippen LogP contribution in [0.4, 0.5) is 0 Å². The molecule has 4 nitrogen and oxygen atoms in total. The minimum absolute atomic E-state index is 0.136. The van der Waals surface area contributed by atoms with E-state index in [0.717, 1.165) is 21.2 Å². The Bertz CT molecular complexity index is 602. The molecule has 5 heteroatoms. The van der Waals surface area contributed by atoms with Crippen molar-refractivity contribution in [3.05, 3.63) is 35.0 Å². The van der Waals surface area contributed by atoms with Crippen molar-refractivity contribution in [1.82, 2.24) is 4.98 Å². The number of esters is 1. The average molecular weight is 291 g/mol. The molecular weight excluding hydrogens is 274 g/mol. The van der Waals surface area contributed by atoms with Crippen LogP contribution in [-0.2, 0) is 4.74 Å². The molecule has 0 aliphatic carbocycles. The maximum Gasteiger partial charge on any atom is 0.358 e. The molecule has 0 amide bonds. The molecule has 0 aliphatic rings. The molecule has 0 N–H and O–H groups in total. The molecule has 1 aromatic heterocycles. The zero-order valence-corrected chi connectivity index (χ0v) is 12.8. The summed E-state index contributed by atoms with van der Waals surface area (Å²) in [7, 11) is 1.36. The van der Waals surface area contributed by atoms with Gasteiger partial charge in [-0.25, -0.2) is 9.78 Å². The number of rotatable bonds is 4. The number of methoxy groups -OCH3 is 1. The third-order valence-corrected chi connectivity index (χ3v) is 3.62. The van der Waals surface area contributed by atoms with Gasteiger partial charge in [0.25, 0.3) is 0 Å². The Morgan fingerprint density at radius 2 is 1.90 bits per heavy atom. The average Bonchev–Trinajstić information content (AvgIpc) is 2.80. The summed E-state index contributed by atoms with van der Waals surface area (Å²) in [6.45, 7) is 5.84. The van der Waals surface area contributed by atoms with E-state index < -0.39 is 5.97 Å². The second-order valence-electron chi connectivity index (χ2n) is 4.59. The first-order chi connectivity index (χ1) is 9.51. The molecule has 0 saturated carbocycles. The molecule has 0 bridgehead atoms. The van der Waals surface area contributed by atoms with E-state index in [-0.39, 0.29) is 6.10 Å². The molecule has 20 heavy (non-hydrogen) atoms. The maximum absolute atomic E-state index is 11.7. The van der Waals surface area contributed by atoms with E-state index in [1.807, 2.05) is 45.0 Å². The fourth-order valence-corrected chi connectivity index (χ4v) is 2.73. The standard InChI is InChI=1S/C15H17NO3S/c1-9(2)19-12-7-5-11(6-8-12)14-13(15(17)18-4)16-10(3)20-14/h5-9H,1-4H3. The summed E-state index contributed by atoms with van der Waals surface area (Å²) in [4.78, 5) is 16.8. The summed E-state index contributed by atoms with van der Waals surface area (Å²) >= 11 is 1.48. The van der Waals surface area contributed by atoms with Crippen LogP contribution in [0.25, 0.3) is 10.4 Å². The van der Waals surface area contributed by atoms with Gasteiger partial charge in [-0.1, -0.05) is 0 Å². The molecule has 0 radical (unpaired) electrons. The summed E-state index contributed by atoms with van der Waals surface area (Å²) in [6.07, 6.45) is 0.136. The summed E-state index contributed by atoms with van der Waals surface area (Å²) in [5.74, 6) is 0.400. The second kappa shape index (κ2) is 6.05. The number of hydrogen-bond donors (Lipinski definition) is 0. The number of carbonyl (C=O) groups is 1. The lowest BCUT2D eigenvalue weighted by Crippen LogP contribution is -2.05. The van der Waals surface area contributed by atoms with E-state index in [1.165, 1.54) is 18.4 Å². The highest BCUT2D eigenvalue weighted by Crippen LogP contribution is 2.31. The second-order valence-corrected chi connectivity index (χ2v) is 5.80. The fourth-order valence-electron chi connectivity index (χ4n) is 1.81. The Kier molecular flexibility index (Phi) is 4.39. The topological polar surface area (TPSA) is 48.4 Å². The number of aromatic nitrogens is 1. The smallest absolute Gasteiger partial charge is 0.358 e. The molecule has 0 unspecified atom stereocenters. The first-order valence-corrected chi connectivity index (χ1v) is 7.15. The van der Waals surface area contributed by atoms with Crippen molar-refractivity contribution in [1.29, 1.82) is 0 Å². The van der Waals surface area contributed by atoms with E-state index in [4.69, 9.17) is 9.47 Å². The lowest BCUT2D eigenvalue weighted by molar-refractivity contribution is 0.0595. The van der Waals surface area contributed by atoms with Crippen LogP contribution in [0.1, 0.15) is 29.3 Å². The number of benzene rings is 1. The van der Waals surface area contributed by atoms with Gasteiger partial charge < -0.3 is 9.47 Å². The SMILES string of the molecule is COC(=O)c1nc(C)sc1-c1ccc(OC(C)C)cc1. The molecule has 0 atom stereocenters. The van der Waals surface area contributed by atoms with E-state index in [2.05, 4.69) is 4.98 Å². The van der Waals surface area contributed by atoms with Gasteiger partial charge in [-0.3, -0.25) is 0 Å². The van der Waals surface area contributed by atoms with Crippen LogP contribution in [0.3, 0.4) is 0 Å². The highest BCUT2D eigenvalue weighted by atomic mass is 32.1. The van der Waals surface area contributed by atoms with Crippen LogP contribution in [0, 0.1) is 6.92 Å². The van der Waals surface area contributed by atoms with E-state index in [1.54, 1.807) is 0 Å². The van der Waals surface area contributed by atoms with E-state index in [9.17, 15) is 4.79 Å². The zero-order chi connectivity index (χ0) is 14.7. The molecule has 0 aliphatic heterocycles. The van der Waals surface area contributed by atoms with Crippen molar-refractivity contribution < 1.29 is 14.3 Å². The minimum Gasteiger partial charge on any atom is -0.491 e. The number of ether oxygens (including phenoxy) is 2. The van der Waals surface area contributed by atoms with Gasteiger partial charge in [-0.05, 0) is 50.6 Å². The van der Waals surface area contributed by atoms with Gasteiger partial charge in [0.1, 0.15) is 5.75 Å². The number of nitrogens with zero attached hydrogens (tertiary/aromatic N) is 1. The monoisotopic (exact) mass is 291 g/mol. The van der Waals surface area contributed by atoms with Gasteiger partial charge in [0, 0.05) is 0 Å². The van der Waals surface area contributed by atoms with Crippen molar-refractivity contribution in [3.8, 4) is 16.2 Å². The van der Waals surface area contributed by atoms with Crippen molar-refractivity contribution in [3.63, 3.8) is 0 Å². The highest BCUT2D eigenvalue weighted by Gasteiger charge is 2.18. The molecular formula is C15H17NO3S. The van der Waals surface area contributed by atoms with Gasteiger partial charge in [0.2, 0.25) is 0 Å². The summed E-state index contributed by atoms with van der Waals surface area (Å²) in [6, 6.07) is 7.64. The first-order valence-electron chi connectivity index (χ1n) is 6.34. The summed E-state index contributed by atoms with van der Waals surface area (Å²) in [5.41, 5.74) is 1.31. The fraction of sp³-hybridized carbons (Fsp3) is 0.333. The molecule has 0 saturated heterocycles. The number of aryl methyl sites for hydroxylation is 1. The Morgan fingerprint density at radius 1 is 1.25 bits per heavy atom. The van der Waals surface area contributed by atoms with Gasteiger partial charge in [-0.15, -0.1) is 11.3 Å². The van der Waals surface area contributed by atoms with Crippen LogP contribution in [-0.4, -0.2) is 24.2 Å². The molecule has 2 rings (SSSR count). The van der Waals surface area contributed by atoms with Crippen molar-refractivity contribution in [2.75, 3.05) is 7.11 Å². The van der Waals surface area contributed by atoms with Crippen LogP contribution >= 0.6 is 11.3 Å². The lowest BCUT2D eigenvalue weighted by Gasteiger charge is -2.09. The number of carbonyl (C=O) groups excluding carboxylic acids is 1. The first kappa shape index (κ1) is 14.5. The lowest BCUT2D eigenvalue weighted by atomic mass is 10.1. The Morgan fingerprint density at radius 3 is 2.45 bits per heavy atom. The third kappa shape index (κ3) is 3.17. The zero-order valence-electron chi connectivity index (χ0n) is 12.0. The maximum atomic E-state index is 11.7. The summed E-state index contributed by atoms with van der Waals surface area (Å²) in [5, 5.41) is 0.836. The van der Waals surface area contributed by atoms with Crippen LogP contribution in [0.2, 0.25) is 0 Å². The van der Waals surface area contributed by atoms with Crippen molar-refractivity contribution >= 4 is 17.3 Å². The quantitative estimate of drug-likeness (QED) is 0.806.